The molecule has 1 unspecified atom stereocenters. The number of allylic oxidation sites excluding steroid dienone is 2. The van der Waals surface area contributed by atoms with Gasteiger partial charge in [-0.05, 0) is 50.2 Å². The number of likely N-dealkylation sites (N-methyl/N-ethyl adjacent to an activating group) is 1. The summed E-state index contributed by atoms with van der Waals surface area (Å²) >= 11 is 5.58. The highest BCUT2D eigenvalue weighted by molar-refractivity contribution is 6.67. The molecular weight excluding hydrogens is 324 g/mol. The number of hydrogen-bond acceptors (Lipinski definition) is 5. The van der Waals surface area contributed by atoms with Crippen LogP contribution in [-0.2, 0) is 6.54 Å². The first-order chi connectivity index (χ1) is 11.4. The number of benzene rings is 1. The topological polar surface area (TPSA) is 80.2 Å². The summed E-state index contributed by atoms with van der Waals surface area (Å²) in [6.45, 7) is 5.29. The second kappa shape index (κ2) is 10.7. The first-order valence-corrected chi connectivity index (χ1v) is 8.38. The molecule has 5 N–H and O–H groups in total. The molecule has 0 saturated carbocycles. The molecule has 1 rings (SSSR count). The molecule has 0 bridgehead atoms. The van der Waals surface area contributed by atoms with E-state index in [1.807, 2.05) is 26.1 Å². The number of halogens is 1. The number of phenolic OH excluding ortho intramolecular Hbond substituents is 1. The van der Waals surface area contributed by atoms with Crippen LogP contribution in [-0.4, -0.2) is 29.9 Å². The smallest absolute Gasteiger partial charge is 0.122 e. The number of rotatable bonds is 10. The molecule has 0 aliphatic rings. The molecule has 6 heteroatoms. The van der Waals surface area contributed by atoms with Gasteiger partial charge in [-0.25, -0.2) is 0 Å². The van der Waals surface area contributed by atoms with Crippen LogP contribution < -0.4 is 16.0 Å². The van der Waals surface area contributed by atoms with E-state index in [9.17, 15) is 5.11 Å². The van der Waals surface area contributed by atoms with Gasteiger partial charge in [0, 0.05) is 24.0 Å². The Morgan fingerprint density at radius 2 is 1.96 bits per heavy atom. The summed E-state index contributed by atoms with van der Waals surface area (Å²) in [6.07, 6.45) is 4.73. The fourth-order valence-electron chi connectivity index (χ4n) is 2.13. The maximum atomic E-state index is 9.35. The van der Waals surface area contributed by atoms with E-state index < -0.39 is 0 Å². The summed E-state index contributed by atoms with van der Waals surface area (Å²) in [5.74, 6) is 0.265. The number of hydrogen-bond donors (Lipinski definition) is 5. The van der Waals surface area contributed by atoms with Gasteiger partial charge in [0.25, 0.3) is 0 Å². The number of aromatic hydroxyl groups is 1. The Morgan fingerprint density at radius 1 is 1.29 bits per heavy atom. The first kappa shape index (κ1) is 20.1. The lowest BCUT2D eigenvalue weighted by Crippen LogP contribution is -2.29. The molecule has 0 amide bonds. The van der Waals surface area contributed by atoms with E-state index in [1.54, 1.807) is 18.2 Å². The molecule has 1 aromatic rings. The Bertz CT molecular complexity index is 577. The molecule has 0 saturated heterocycles. The van der Waals surface area contributed by atoms with Crippen molar-refractivity contribution in [2.24, 2.45) is 0 Å². The minimum Gasteiger partial charge on any atom is -0.508 e. The van der Waals surface area contributed by atoms with Gasteiger partial charge in [-0.2, -0.15) is 0 Å². The normalized spacial score (nSPS) is 13.5. The van der Waals surface area contributed by atoms with Crippen LogP contribution in [0.25, 0.3) is 0 Å². The van der Waals surface area contributed by atoms with Gasteiger partial charge < -0.3 is 21.1 Å². The molecular formula is C18H27ClN4O. The average Bonchev–Trinajstić information content (AvgIpc) is 2.55. The molecule has 0 aromatic heterocycles. The molecule has 0 radical (unpaired) electrons. The predicted octanol–water partition coefficient (Wildman–Crippen LogP) is 3.07. The Hall–Kier alpha value is -1.98. The Kier molecular flexibility index (Phi) is 8.97. The van der Waals surface area contributed by atoms with E-state index in [-0.39, 0.29) is 17.0 Å². The van der Waals surface area contributed by atoms with Crippen LogP contribution in [0.3, 0.4) is 0 Å². The third-order valence-corrected chi connectivity index (χ3v) is 3.68. The monoisotopic (exact) mass is 350 g/mol. The summed E-state index contributed by atoms with van der Waals surface area (Å²) in [4.78, 5) is 0. The molecule has 5 nitrogen and oxygen atoms in total. The first-order valence-electron chi connectivity index (χ1n) is 8.00. The number of nitrogens with one attached hydrogen (secondary N) is 4. The average molecular weight is 351 g/mol. The van der Waals surface area contributed by atoms with Crippen molar-refractivity contribution in [2.75, 3.05) is 13.6 Å². The van der Waals surface area contributed by atoms with Gasteiger partial charge in [0.1, 0.15) is 10.9 Å². The predicted molar refractivity (Wildman–Crippen MR) is 102 cm³/mol. The quantitative estimate of drug-likeness (QED) is 0.420. The lowest BCUT2D eigenvalue weighted by Gasteiger charge is -2.17. The summed E-state index contributed by atoms with van der Waals surface area (Å²) in [6, 6.07) is 7.43. The van der Waals surface area contributed by atoms with Gasteiger partial charge >= 0.3 is 0 Å². The van der Waals surface area contributed by atoms with Crippen LogP contribution in [0.15, 0.2) is 47.8 Å². The van der Waals surface area contributed by atoms with Gasteiger partial charge in [0.15, 0.2) is 0 Å². The maximum absolute atomic E-state index is 9.35. The van der Waals surface area contributed by atoms with Crippen molar-refractivity contribution in [1.29, 1.82) is 5.41 Å². The van der Waals surface area contributed by atoms with Crippen molar-refractivity contribution < 1.29 is 5.11 Å². The molecule has 0 heterocycles. The van der Waals surface area contributed by atoms with E-state index in [4.69, 9.17) is 17.0 Å². The van der Waals surface area contributed by atoms with Crippen LogP contribution in [0.4, 0.5) is 0 Å². The van der Waals surface area contributed by atoms with E-state index in [0.29, 0.717) is 13.1 Å². The molecule has 24 heavy (non-hydrogen) atoms. The van der Waals surface area contributed by atoms with Crippen molar-refractivity contribution in [1.82, 2.24) is 16.0 Å². The molecule has 0 aliphatic carbocycles. The zero-order valence-electron chi connectivity index (χ0n) is 14.5. The van der Waals surface area contributed by atoms with E-state index >= 15 is 0 Å². The van der Waals surface area contributed by atoms with Gasteiger partial charge in [0.2, 0.25) is 0 Å². The van der Waals surface area contributed by atoms with Crippen molar-refractivity contribution >= 4 is 16.8 Å². The minimum atomic E-state index is 0.00393. The second-order valence-electron chi connectivity index (χ2n) is 5.54. The van der Waals surface area contributed by atoms with Crippen LogP contribution in [0.5, 0.6) is 5.75 Å². The van der Waals surface area contributed by atoms with Crippen molar-refractivity contribution in [3.63, 3.8) is 0 Å². The van der Waals surface area contributed by atoms with Crippen LogP contribution in [0.2, 0.25) is 0 Å². The highest BCUT2D eigenvalue weighted by atomic mass is 35.5. The van der Waals surface area contributed by atoms with Crippen molar-refractivity contribution in [3.05, 3.63) is 53.4 Å². The summed E-state index contributed by atoms with van der Waals surface area (Å²) in [5, 5.41) is 26.6. The third kappa shape index (κ3) is 8.04. The van der Waals surface area contributed by atoms with E-state index in [2.05, 4.69) is 29.0 Å². The zero-order valence-corrected chi connectivity index (χ0v) is 15.2. The lowest BCUT2D eigenvalue weighted by molar-refractivity contribution is 0.475. The fourth-order valence-corrected chi connectivity index (χ4v) is 2.30. The highest BCUT2D eigenvalue weighted by Gasteiger charge is 2.04. The summed E-state index contributed by atoms with van der Waals surface area (Å²) in [5.41, 5.74) is 2.98. The number of phenols is 1. The third-order valence-electron chi connectivity index (χ3n) is 3.57. The molecule has 1 aromatic carbocycles. The second-order valence-corrected chi connectivity index (χ2v) is 5.95. The van der Waals surface area contributed by atoms with Crippen molar-refractivity contribution in [3.8, 4) is 5.75 Å². The Morgan fingerprint density at radius 3 is 2.50 bits per heavy atom. The summed E-state index contributed by atoms with van der Waals surface area (Å²) in [7, 11) is 1.94. The van der Waals surface area contributed by atoms with E-state index in [0.717, 1.165) is 23.4 Å². The standard InChI is InChI=1S/C18H27ClN4O/c1-4-15(21-3)10-16(12-22-13(2)9-18(19)20)23-11-14-5-7-17(24)8-6-14/h5-10,15,20-24H,4,11-12H2,1-3H3/b13-9-,16-10-,20-18?. The zero-order chi connectivity index (χ0) is 17.9. The van der Waals surface area contributed by atoms with E-state index in [1.165, 1.54) is 0 Å². The van der Waals surface area contributed by atoms with Crippen LogP contribution in [0, 0.1) is 5.41 Å². The van der Waals surface area contributed by atoms with Crippen LogP contribution in [0.1, 0.15) is 25.8 Å². The summed E-state index contributed by atoms with van der Waals surface area (Å²) < 4.78 is 0. The molecule has 0 aliphatic heterocycles. The van der Waals surface area contributed by atoms with Crippen LogP contribution >= 0.6 is 11.6 Å². The Labute approximate surface area is 149 Å². The highest BCUT2D eigenvalue weighted by Crippen LogP contribution is 2.10. The molecule has 132 valence electrons. The van der Waals surface area contributed by atoms with Crippen molar-refractivity contribution in [2.45, 2.75) is 32.9 Å². The SMILES string of the molecule is CCC(/C=C(/CN/C(C)=C\C(=N)Cl)NCc1ccc(O)cc1)NC. The molecule has 0 spiro atoms. The van der Waals surface area contributed by atoms with Gasteiger partial charge in [-0.15, -0.1) is 0 Å². The fraction of sp³-hybridized carbons (Fsp3) is 0.389. The molecule has 0 fully saturated rings. The largest absolute Gasteiger partial charge is 0.508 e. The Balaban J connectivity index is 2.73. The molecule has 1 atom stereocenters. The van der Waals surface area contributed by atoms with Gasteiger partial charge in [0.05, 0.1) is 6.54 Å². The minimum absolute atomic E-state index is 0.00393. The van der Waals surface area contributed by atoms with Gasteiger partial charge in [-0.3, -0.25) is 5.41 Å². The maximum Gasteiger partial charge on any atom is 0.122 e. The van der Waals surface area contributed by atoms with Gasteiger partial charge in [-0.1, -0.05) is 30.7 Å². The lowest BCUT2D eigenvalue weighted by atomic mass is 10.1.